The lowest BCUT2D eigenvalue weighted by molar-refractivity contribution is -0.185. The van der Waals surface area contributed by atoms with E-state index in [9.17, 15) is 26.3 Å². The molecule has 0 bridgehead atoms. The monoisotopic (exact) mass is 390 g/mol. The molecule has 2 nitrogen and oxygen atoms in total. The molecule has 1 saturated heterocycles. The number of hydrogen-bond donors (Lipinski definition) is 1. The highest BCUT2D eigenvalue weighted by Gasteiger charge is 2.44. The van der Waals surface area contributed by atoms with Gasteiger partial charge in [-0.05, 0) is 56.6 Å². The highest BCUT2D eigenvalue weighted by atomic mass is 35.5. The second kappa shape index (κ2) is 8.60. The summed E-state index contributed by atoms with van der Waals surface area (Å²) in [6, 6.07) is 1.46. The molecule has 2 rings (SSSR count). The number of piperidine rings is 1. The molecule has 0 aliphatic carbocycles. The summed E-state index contributed by atoms with van der Waals surface area (Å²) in [4.78, 5) is 1.12. The van der Waals surface area contributed by atoms with Gasteiger partial charge in [0.05, 0.1) is 5.56 Å². The molecule has 1 atom stereocenters. The Hall–Kier alpha value is -0.990. The van der Waals surface area contributed by atoms with Crippen molar-refractivity contribution in [2.45, 2.75) is 31.2 Å². The van der Waals surface area contributed by atoms with Gasteiger partial charge in [-0.15, -0.1) is 12.4 Å². The number of alkyl halides is 6. The third-order valence-corrected chi connectivity index (χ3v) is 4.29. The van der Waals surface area contributed by atoms with Crippen LogP contribution in [0.25, 0.3) is 0 Å². The Morgan fingerprint density at radius 1 is 1.12 bits per heavy atom. The van der Waals surface area contributed by atoms with Gasteiger partial charge in [0.15, 0.2) is 0 Å². The molecule has 1 heterocycles. The lowest BCUT2D eigenvalue weighted by Gasteiger charge is -2.34. The fourth-order valence-electron chi connectivity index (χ4n) is 3.16. The quantitative estimate of drug-likeness (QED) is 0.752. The zero-order valence-electron chi connectivity index (χ0n) is 13.6. The lowest BCUT2D eigenvalue weighted by Crippen LogP contribution is -2.41. The highest BCUT2D eigenvalue weighted by Crippen LogP contribution is 2.39. The Kier molecular flexibility index (Phi) is 7.58. The van der Waals surface area contributed by atoms with Crippen molar-refractivity contribution >= 4 is 12.4 Å². The predicted octanol–water partition coefficient (Wildman–Crippen LogP) is 4.66. The van der Waals surface area contributed by atoms with E-state index < -0.39 is 24.0 Å². The number of nitrogens with zero attached hydrogens (tertiary/aromatic N) is 1. The van der Waals surface area contributed by atoms with Gasteiger partial charge in [-0.1, -0.05) is 12.1 Å². The minimum Gasteiger partial charge on any atom is -0.317 e. The predicted molar refractivity (Wildman–Crippen MR) is 85.7 cm³/mol. The van der Waals surface area contributed by atoms with Crippen LogP contribution in [0, 0.1) is 5.92 Å². The van der Waals surface area contributed by atoms with E-state index >= 15 is 0 Å². The van der Waals surface area contributed by atoms with E-state index in [2.05, 4.69) is 5.32 Å². The second-order valence-electron chi connectivity index (χ2n) is 6.20. The van der Waals surface area contributed by atoms with Crippen LogP contribution in [0.2, 0.25) is 0 Å². The normalized spacial score (nSPS) is 18.1. The summed E-state index contributed by atoms with van der Waals surface area (Å²) in [5, 5.41) is 3.14. The van der Waals surface area contributed by atoms with Crippen molar-refractivity contribution in [1.82, 2.24) is 10.2 Å². The van der Waals surface area contributed by atoms with Crippen molar-refractivity contribution in [3.05, 3.63) is 35.4 Å². The van der Waals surface area contributed by atoms with Crippen molar-refractivity contribution < 1.29 is 26.3 Å². The maximum Gasteiger partial charge on any atom is 0.416 e. The number of rotatable bonds is 4. The maximum atomic E-state index is 13.5. The molecule has 1 N–H and O–H groups in total. The first-order valence-electron chi connectivity index (χ1n) is 7.74. The van der Waals surface area contributed by atoms with Gasteiger partial charge in [0.25, 0.3) is 0 Å². The van der Waals surface area contributed by atoms with Crippen LogP contribution in [0.3, 0.4) is 0 Å². The molecule has 1 fully saturated rings. The van der Waals surface area contributed by atoms with Crippen molar-refractivity contribution in [3.63, 3.8) is 0 Å². The number of hydrogen-bond acceptors (Lipinski definition) is 2. The first-order chi connectivity index (χ1) is 11.1. The molecule has 1 aromatic rings. The van der Waals surface area contributed by atoms with Gasteiger partial charge < -0.3 is 5.32 Å². The molecule has 0 spiro atoms. The van der Waals surface area contributed by atoms with Crippen molar-refractivity contribution in [1.29, 1.82) is 0 Å². The van der Waals surface area contributed by atoms with Crippen molar-refractivity contribution in [2.75, 3.05) is 26.7 Å². The summed E-state index contributed by atoms with van der Waals surface area (Å²) in [7, 11) is 1.32. The van der Waals surface area contributed by atoms with E-state index in [1.54, 1.807) is 0 Å². The molecule has 0 amide bonds. The van der Waals surface area contributed by atoms with Crippen LogP contribution in [0.5, 0.6) is 0 Å². The zero-order chi connectivity index (χ0) is 18.0. The Morgan fingerprint density at radius 2 is 1.72 bits per heavy atom. The molecule has 144 valence electrons. The van der Waals surface area contributed by atoms with Crippen LogP contribution in [0.4, 0.5) is 26.3 Å². The molecule has 1 aromatic carbocycles. The highest BCUT2D eigenvalue weighted by molar-refractivity contribution is 5.85. The summed E-state index contributed by atoms with van der Waals surface area (Å²) in [6.07, 6.45) is -7.79. The molecular weight excluding hydrogens is 370 g/mol. The topological polar surface area (TPSA) is 15.3 Å². The summed E-state index contributed by atoms with van der Waals surface area (Å²) < 4.78 is 78.9. The SMILES string of the molecule is CN(CC1CCNCC1)C(c1cccc(C(F)(F)F)c1)C(F)(F)F.Cl. The Morgan fingerprint density at radius 3 is 2.24 bits per heavy atom. The van der Waals surface area contributed by atoms with E-state index in [0.29, 0.717) is 6.07 Å². The van der Waals surface area contributed by atoms with Crippen LogP contribution in [-0.4, -0.2) is 37.8 Å². The van der Waals surface area contributed by atoms with Crippen LogP contribution in [-0.2, 0) is 6.18 Å². The van der Waals surface area contributed by atoms with E-state index in [1.807, 2.05) is 0 Å². The number of halogens is 7. The van der Waals surface area contributed by atoms with Gasteiger partial charge in [-0.2, -0.15) is 26.3 Å². The van der Waals surface area contributed by atoms with Gasteiger partial charge in [0, 0.05) is 6.54 Å². The van der Waals surface area contributed by atoms with Crippen LogP contribution in [0.15, 0.2) is 24.3 Å². The van der Waals surface area contributed by atoms with Gasteiger partial charge >= 0.3 is 12.4 Å². The second-order valence-corrected chi connectivity index (χ2v) is 6.20. The number of nitrogens with one attached hydrogen (secondary N) is 1. The van der Waals surface area contributed by atoms with Gasteiger partial charge in [0.1, 0.15) is 6.04 Å². The standard InChI is InChI=1S/C16H20F6N2.ClH/c1-24(10-11-5-7-23-8-6-11)14(16(20,21)22)12-3-2-4-13(9-12)15(17,18)19;/h2-4,9,11,14,23H,5-8,10H2,1H3;1H. The molecule has 25 heavy (non-hydrogen) atoms. The molecule has 0 radical (unpaired) electrons. The van der Waals surface area contributed by atoms with Crippen molar-refractivity contribution in [2.24, 2.45) is 5.92 Å². The average Bonchev–Trinajstić information content (AvgIpc) is 2.46. The average molecular weight is 391 g/mol. The molecule has 0 aromatic heterocycles. The Labute approximate surface area is 149 Å². The van der Waals surface area contributed by atoms with Crippen molar-refractivity contribution in [3.8, 4) is 0 Å². The maximum absolute atomic E-state index is 13.5. The van der Waals surface area contributed by atoms with E-state index in [0.717, 1.165) is 49.0 Å². The molecule has 1 aliphatic rings. The third-order valence-electron chi connectivity index (χ3n) is 4.29. The summed E-state index contributed by atoms with van der Waals surface area (Å²) in [5.74, 6) is 0.104. The third kappa shape index (κ3) is 6.04. The zero-order valence-corrected chi connectivity index (χ0v) is 14.4. The minimum atomic E-state index is -4.67. The Bertz CT molecular complexity index is 540. The molecule has 1 unspecified atom stereocenters. The van der Waals surface area contributed by atoms with Crippen LogP contribution < -0.4 is 5.32 Å². The first-order valence-corrected chi connectivity index (χ1v) is 7.74. The smallest absolute Gasteiger partial charge is 0.317 e. The molecular formula is C16H21ClF6N2. The van der Waals surface area contributed by atoms with Gasteiger partial charge in [-0.25, -0.2) is 0 Å². The summed E-state index contributed by atoms with van der Waals surface area (Å²) in [6.45, 7) is 1.69. The largest absolute Gasteiger partial charge is 0.416 e. The van der Waals surface area contributed by atoms with E-state index in [4.69, 9.17) is 0 Å². The van der Waals surface area contributed by atoms with E-state index in [-0.39, 0.29) is 30.4 Å². The molecule has 0 saturated carbocycles. The summed E-state index contributed by atoms with van der Waals surface area (Å²) in [5.41, 5.74) is -1.45. The van der Waals surface area contributed by atoms with Crippen LogP contribution in [0.1, 0.15) is 30.0 Å². The van der Waals surface area contributed by atoms with Gasteiger partial charge in [0.2, 0.25) is 0 Å². The fraction of sp³-hybridized carbons (Fsp3) is 0.625. The number of benzene rings is 1. The Balaban J connectivity index is 0.00000312. The van der Waals surface area contributed by atoms with Crippen LogP contribution >= 0.6 is 12.4 Å². The summed E-state index contributed by atoms with van der Waals surface area (Å²) >= 11 is 0. The first kappa shape index (κ1) is 22.1. The van der Waals surface area contributed by atoms with E-state index in [1.165, 1.54) is 7.05 Å². The van der Waals surface area contributed by atoms with Gasteiger partial charge in [-0.3, -0.25) is 4.90 Å². The minimum absolute atomic E-state index is 0. The molecule has 1 aliphatic heterocycles. The molecule has 9 heteroatoms. The lowest BCUT2D eigenvalue weighted by atomic mass is 9.95. The fourth-order valence-corrected chi connectivity index (χ4v) is 3.16.